The van der Waals surface area contributed by atoms with E-state index in [1.165, 1.54) is 38.3 Å². The summed E-state index contributed by atoms with van der Waals surface area (Å²) >= 11 is 0. The number of sulfone groups is 1. The molecule has 0 atom stereocenters. The topological polar surface area (TPSA) is 144 Å². The summed E-state index contributed by atoms with van der Waals surface area (Å²) < 4.78 is 75.0. The minimum absolute atomic E-state index is 0.00453. The van der Waals surface area contributed by atoms with Gasteiger partial charge in [0.05, 0.1) is 12.0 Å². The number of nitrogens with zero attached hydrogens (tertiary/aromatic N) is 4. The Morgan fingerprint density at radius 1 is 1.14 bits per heavy atom. The summed E-state index contributed by atoms with van der Waals surface area (Å²) in [6, 6.07) is 8.35. The number of hydrogen-bond donors (Lipinski definition) is 1. The molecule has 2 aromatic heterocycles. The van der Waals surface area contributed by atoms with Crippen molar-refractivity contribution in [2.75, 3.05) is 18.7 Å². The molecule has 0 aliphatic rings. The van der Waals surface area contributed by atoms with Gasteiger partial charge >= 0.3 is 6.18 Å². The third-order valence-electron chi connectivity index (χ3n) is 4.83. The first-order chi connectivity index (χ1) is 16.8. The first-order valence-corrected chi connectivity index (χ1v) is 11.8. The molecule has 3 aromatic rings. The number of aromatic nitrogens is 3. The molecule has 1 N–H and O–H groups in total. The Hall–Kier alpha value is -4.25. The summed E-state index contributed by atoms with van der Waals surface area (Å²) in [7, 11) is -2.38. The molecular weight excluding hydrogens is 503 g/mol. The van der Waals surface area contributed by atoms with Crippen molar-refractivity contribution < 1.29 is 35.9 Å². The van der Waals surface area contributed by atoms with Crippen molar-refractivity contribution in [3.05, 3.63) is 58.4 Å². The first kappa shape index (κ1) is 26.4. The summed E-state index contributed by atoms with van der Waals surface area (Å²) in [5.74, 6) is -1.92. The quantitative estimate of drug-likeness (QED) is 0.511. The molecule has 14 heteroatoms. The van der Waals surface area contributed by atoms with Gasteiger partial charge in [0.15, 0.2) is 21.3 Å². The van der Waals surface area contributed by atoms with Crippen LogP contribution >= 0.6 is 0 Å². The number of amides is 1. The van der Waals surface area contributed by atoms with Gasteiger partial charge in [-0.1, -0.05) is 6.07 Å². The minimum Gasteiger partial charge on any atom is -0.478 e. The lowest BCUT2D eigenvalue weighted by atomic mass is 10.1. The van der Waals surface area contributed by atoms with E-state index < -0.39 is 44.6 Å². The van der Waals surface area contributed by atoms with E-state index in [2.05, 4.69) is 20.5 Å². The van der Waals surface area contributed by atoms with Gasteiger partial charge in [0.25, 0.3) is 17.7 Å². The monoisotopic (exact) mass is 521 g/mol. The molecule has 188 valence electrons. The average molecular weight is 521 g/mol. The highest BCUT2D eigenvalue weighted by molar-refractivity contribution is 7.90. The molecule has 0 saturated carbocycles. The van der Waals surface area contributed by atoms with Crippen LogP contribution in [0, 0.1) is 25.2 Å². The molecule has 0 fully saturated rings. The molecule has 0 spiro atoms. The highest BCUT2D eigenvalue weighted by Crippen LogP contribution is 2.38. The van der Waals surface area contributed by atoms with Crippen LogP contribution in [0.5, 0.6) is 17.5 Å². The van der Waals surface area contributed by atoms with E-state index in [4.69, 9.17) is 14.7 Å². The number of carbonyl (C=O) groups is 1. The summed E-state index contributed by atoms with van der Waals surface area (Å²) in [5, 5.41) is 18.1. The second-order valence-electron chi connectivity index (χ2n) is 7.48. The summed E-state index contributed by atoms with van der Waals surface area (Å²) in [4.78, 5) is 17.0. The van der Waals surface area contributed by atoms with Crippen LogP contribution in [0.2, 0.25) is 0 Å². The van der Waals surface area contributed by atoms with Crippen LogP contribution in [0.3, 0.4) is 0 Å². The van der Waals surface area contributed by atoms with Crippen LogP contribution in [0.1, 0.15) is 32.9 Å². The maximum absolute atomic E-state index is 13.5. The molecule has 0 aliphatic carbocycles. The number of pyridine rings is 1. The van der Waals surface area contributed by atoms with Gasteiger partial charge in [-0.2, -0.15) is 23.4 Å². The van der Waals surface area contributed by atoms with E-state index >= 15 is 0 Å². The number of aryl methyl sites for hydroxylation is 1. The van der Waals surface area contributed by atoms with Gasteiger partial charge in [0.2, 0.25) is 0 Å². The zero-order valence-corrected chi connectivity index (χ0v) is 20.1. The molecule has 3 rings (SSSR count). The normalized spacial score (nSPS) is 11.5. The third-order valence-corrected chi connectivity index (χ3v) is 5.95. The van der Waals surface area contributed by atoms with Gasteiger partial charge in [-0.3, -0.25) is 4.79 Å². The maximum Gasteiger partial charge on any atom is 0.435 e. The number of hydrogen-bond acceptors (Lipinski definition) is 9. The fourth-order valence-electron chi connectivity index (χ4n) is 3.15. The van der Waals surface area contributed by atoms with Crippen molar-refractivity contribution >= 4 is 21.4 Å². The van der Waals surface area contributed by atoms with Crippen molar-refractivity contribution in [1.29, 1.82) is 5.26 Å². The lowest BCUT2D eigenvalue weighted by Crippen LogP contribution is -2.21. The Labute approximate surface area is 203 Å². The summed E-state index contributed by atoms with van der Waals surface area (Å²) in [5.41, 5.74) is -2.27. The van der Waals surface area contributed by atoms with E-state index in [-0.39, 0.29) is 27.9 Å². The van der Waals surface area contributed by atoms with Crippen molar-refractivity contribution in [3.8, 4) is 23.6 Å². The molecular formula is C22H18F3N5O5S. The van der Waals surface area contributed by atoms with Gasteiger partial charge in [-0.15, -0.1) is 10.2 Å². The second kappa shape index (κ2) is 9.78. The molecule has 1 amide bonds. The Morgan fingerprint density at radius 3 is 2.42 bits per heavy atom. The molecule has 10 nitrogen and oxygen atoms in total. The highest BCUT2D eigenvalue weighted by atomic mass is 32.2. The van der Waals surface area contributed by atoms with E-state index in [9.17, 15) is 26.4 Å². The summed E-state index contributed by atoms with van der Waals surface area (Å²) in [6.45, 7) is 2.55. The van der Waals surface area contributed by atoms with Crippen LogP contribution in [0.4, 0.5) is 18.9 Å². The number of anilines is 1. The van der Waals surface area contributed by atoms with Crippen LogP contribution < -0.4 is 14.8 Å². The van der Waals surface area contributed by atoms with Gasteiger partial charge in [0.1, 0.15) is 17.3 Å². The lowest BCUT2D eigenvalue weighted by molar-refractivity contribution is -0.142. The Morgan fingerprint density at radius 2 is 1.83 bits per heavy atom. The first-order valence-electron chi connectivity index (χ1n) is 9.95. The number of rotatable bonds is 6. The highest BCUT2D eigenvalue weighted by Gasteiger charge is 2.38. The number of ether oxygens (including phenoxy) is 2. The molecule has 2 heterocycles. The largest absolute Gasteiger partial charge is 0.478 e. The van der Waals surface area contributed by atoms with E-state index in [0.717, 1.165) is 19.2 Å². The fraction of sp³-hybridized carbons (Fsp3) is 0.227. The zero-order chi connectivity index (χ0) is 26.8. The number of alkyl halides is 3. The maximum atomic E-state index is 13.5. The van der Waals surface area contributed by atoms with Gasteiger partial charge < -0.3 is 14.8 Å². The van der Waals surface area contributed by atoms with Crippen LogP contribution in [0.25, 0.3) is 0 Å². The third kappa shape index (κ3) is 5.52. The van der Waals surface area contributed by atoms with Gasteiger partial charge in [-0.25, -0.2) is 8.42 Å². The Balaban J connectivity index is 2.14. The van der Waals surface area contributed by atoms with Gasteiger partial charge in [0, 0.05) is 17.5 Å². The predicted molar refractivity (Wildman–Crippen MR) is 120 cm³/mol. The van der Waals surface area contributed by atoms with Crippen LogP contribution in [0.15, 0.2) is 35.2 Å². The fourth-order valence-corrected chi connectivity index (χ4v) is 3.82. The standard InChI is InChI=1S/C22H18F3N5O5S/c1-11-8-14(10-26)28-21(34-3)17(11)35-20-16(12(2)18(29-30-20)22(23,24)25)19(31)27-13-6-5-7-15(9-13)36(4,32)33/h5-9H,1-4H3,(H,27,31). The molecule has 0 unspecified atom stereocenters. The molecule has 0 saturated heterocycles. The lowest BCUT2D eigenvalue weighted by Gasteiger charge is -2.17. The van der Waals surface area contributed by atoms with Crippen molar-refractivity contribution in [1.82, 2.24) is 15.2 Å². The molecule has 0 radical (unpaired) electrons. The van der Waals surface area contributed by atoms with Crippen molar-refractivity contribution in [3.63, 3.8) is 0 Å². The van der Waals surface area contributed by atoms with Crippen molar-refractivity contribution in [2.24, 2.45) is 0 Å². The number of benzene rings is 1. The van der Waals surface area contributed by atoms with E-state index in [1.54, 1.807) is 0 Å². The second-order valence-corrected chi connectivity index (χ2v) is 9.50. The summed E-state index contributed by atoms with van der Waals surface area (Å²) in [6.07, 6.45) is -3.96. The van der Waals surface area contributed by atoms with Gasteiger partial charge in [-0.05, 0) is 43.7 Å². The zero-order valence-electron chi connectivity index (χ0n) is 19.3. The Kier molecular flexibility index (Phi) is 7.16. The van der Waals surface area contributed by atoms with Crippen molar-refractivity contribution in [2.45, 2.75) is 24.9 Å². The molecule has 0 bridgehead atoms. The number of halogens is 3. The minimum atomic E-state index is -4.93. The Bertz CT molecular complexity index is 1500. The number of nitrogens with one attached hydrogen (secondary N) is 1. The average Bonchev–Trinajstić information content (AvgIpc) is 2.78. The number of carbonyl (C=O) groups excluding carboxylic acids is 1. The van der Waals surface area contributed by atoms with Crippen LogP contribution in [-0.2, 0) is 16.0 Å². The van der Waals surface area contributed by atoms with E-state index in [0.29, 0.717) is 5.56 Å². The number of methoxy groups -OCH3 is 1. The van der Waals surface area contributed by atoms with E-state index in [1.807, 2.05) is 6.07 Å². The predicted octanol–water partition coefficient (Wildman–Crippen LogP) is 3.84. The smallest absolute Gasteiger partial charge is 0.435 e. The van der Waals surface area contributed by atoms with Crippen LogP contribution in [-0.4, -0.2) is 42.9 Å². The molecule has 0 aliphatic heterocycles. The SMILES string of the molecule is COc1nc(C#N)cc(C)c1Oc1nnc(C(F)(F)F)c(C)c1C(=O)Nc1cccc(S(C)(=O)=O)c1. The number of nitriles is 1. The molecule has 1 aromatic carbocycles. The molecule has 36 heavy (non-hydrogen) atoms.